The lowest BCUT2D eigenvalue weighted by atomic mass is 9.55. The Bertz CT molecular complexity index is 3590. The van der Waals surface area contributed by atoms with E-state index in [1.807, 2.05) is 0 Å². The molecule has 0 saturated heterocycles. The Hall–Kier alpha value is -8.46. The minimum atomic E-state index is -0.518. The molecule has 0 atom stereocenters. The van der Waals surface area contributed by atoms with Gasteiger partial charge in [0.2, 0.25) is 0 Å². The molecule has 0 amide bonds. The Labute approximate surface area is 411 Å². The molecule has 0 saturated carbocycles. The van der Waals surface area contributed by atoms with Crippen LogP contribution in [0.25, 0.3) is 78.2 Å². The number of allylic oxidation sites excluding steroid dienone is 4. The molecule has 10 aromatic rings. The zero-order chi connectivity index (χ0) is 46.8. The summed E-state index contributed by atoms with van der Waals surface area (Å²) >= 11 is 0. The third kappa shape index (κ3) is 6.70. The van der Waals surface area contributed by atoms with Crippen molar-refractivity contribution in [3.05, 3.63) is 287 Å². The molecule has 1 spiro atoms. The molecule has 0 radical (unpaired) electrons. The van der Waals surface area contributed by atoms with E-state index in [1.165, 1.54) is 94.6 Å². The first-order chi connectivity index (χ1) is 34.4. The van der Waals surface area contributed by atoms with Crippen LogP contribution in [0, 0.1) is 0 Å². The second kappa shape index (κ2) is 16.6. The van der Waals surface area contributed by atoms with E-state index in [4.69, 9.17) is 9.97 Å². The second-order valence-corrected chi connectivity index (χ2v) is 19.5. The summed E-state index contributed by atoms with van der Waals surface area (Å²) in [5, 5.41) is 0. The Morgan fingerprint density at radius 3 is 1.26 bits per heavy atom. The van der Waals surface area contributed by atoms with Gasteiger partial charge in [-0.3, -0.25) is 0 Å². The largest absolute Gasteiger partial charge is 0.228 e. The number of nitrogens with zero attached hydrogens (tertiary/aromatic N) is 2. The van der Waals surface area contributed by atoms with E-state index in [0.717, 1.165) is 41.2 Å². The lowest BCUT2D eigenvalue weighted by Gasteiger charge is -2.47. The van der Waals surface area contributed by atoms with Gasteiger partial charge in [-0.05, 0) is 120 Å². The predicted molar refractivity (Wildman–Crippen MR) is 290 cm³/mol. The van der Waals surface area contributed by atoms with Crippen molar-refractivity contribution in [2.75, 3.05) is 0 Å². The van der Waals surface area contributed by atoms with Crippen molar-refractivity contribution in [1.29, 1.82) is 0 Å². The van der Waals surface area contributed by atoms with E-state index < -0.39 is 5.41 Å². The van der Waals surface area contributed by atoms with Crippen LogP contribution in [-0.2, 0) is 10.8 Å². The van der Waals surface area contributed by atoms with Crippen molar-refractivity contribution >= 4 is 11.1 Å². The summed E-state index contributed by atoms with van der Waals surface area (Å²) in [6, 6.07) is 86.5. The molecule has 3 aliphatic rings. The highest BCUT2D eigenvalue weighted by Gasteiger charge is 2.55. The van der Waals surface area contributed by atoms with E-state index in [9.17, 15) is 0 Å². The molecule has 9 aromatic carbocycles. The molecule has 0 aliphatic heterocycles. The molecule has 2 heteroatoms. The molecule has 1 aromatic heterocycles. The Morgan fingerprint density at radius 1 is 0.343 bits per heavy atom. The molecular formula is C68H50N2. The van der Waals surface area contributed by atoms with Crippen LogP contribution in [0.2, 0.25) is 0 Å². The highest BCUT2D eigenvalue weighted by Crippen LogP contribution is 2.65. The standard InChI is InChI=1S/C68H50N2/c1-67(2)58-27-12-14-29-60(58)68(61-30-15-13-28-59(61)67)57-41-40-54(49-38-34-47(35-39-49)46-32-36-48(37-33-46)53-25-16-24-52(42-53)45-18-6-3-7-19-45)43-56(57)65-55(26-17-31-62(65)68)66-69-63(50-20-8-4-9-21-50)44-64(70-66)51-22-10-5-11-23-51/h3-16,18-25,27-44H,17,26H2,1-2H3. The smallest absolute Gasteiger partial charge is 0.157 e. The minimum Gasteiger partial charge on any atom is -0.228 e. The van der Waals surface area contributed by atoms with Gasteiger partial charge in [-0.1, -0.05) is 238 Å². The first kappa shape index (κ1) is 41.7. The quantitative estimate of drug-likeness (QED) is 0.159. The fourth-order valence-electron chi connectivity index (χ4n) is 11.9. The van der Waals surface area contributed by atoms with Crippen molar-refractivity contribution in [2.24, 2.45) is 0 Å². The van der Waals surface area contributed by atoms with Crippen molar-refractivity contribution < 1.29 is 0 Å². The van der Waals surface area contributed by atoms with Gasteiger partial charge in [0, 0.05) is 22.1 Å². The average Bonchev–Trinajstić information content (AvgIpc) is 3.74. The van der Waals surface area contributed by atoms with E-state index in [0.29, 0.717) is 0 Å². The lowest BCUT2D eigenvalue weighted by molar-refractivity contribution is 0.562. The molecule has 0 fully saturated rings. The summed E-state index contributed by atoms with van der Waals surface area (Å²) < 4.78 is 0. The maximum absolute atomic E-state index is 5.49. The number of fused-ring (bicyclic) bond motifs is 9. The predicted octanol–water partition coefficient (Wildman–Crippen LogP) is 17.1. The monoisotopic (exact) mass is 894 g/mol. The van der Waals surface area contributed by atoms with Crippen LogP contribution >= 0.6 is 0 Å². The highest BCUT2D eigenvalue weighted by atomic mass is 14.9. The number of rotatable bonds is 7. The van der Waals surface area contributed by atoms with E-state index in [2.05, 4.69) is 257 Å². The van der Waals surface area contributed by atoms with Crippen LogP contribution in [-0.4, -0.2) is 9.97 Å². The first-order valence-electron chi connectivity index (χ1n) is 24.6. The maximum atomic E-state index is 5.49. The van der Waals surface area contributed by atoms with Crippen molar-refractivity contribution in [2.45, 2.75) is 37.5 Å². The summed E-state index contributed by atoms with van der Waals surface area (Å²) in [6.07, 6.45) is 4.28. The Morgan fingerprint density at radius 2 is 0.743 bits per heavy atom. The molecule has 3 aliphatic carbocycles. The third-order valence-electron chi connectivity index (χ3n) is 15.3. The van der Waals surface area contributed by atoms with Gasteiger partial charge in [-0.25, -0.2) is 9.97 Å². The molecule has 332 valence electrons. The number of hydrogen-bond donors (Lipinski definition) is 0. The van der Waals surface area contributed by atoms with Gasteiger partial charge in [0.1, 0.15) is 0 Å². The van der Waals surface area contributed by atoms with E-state index >= 15 is 0 Å². The molecule has 0 N–H and O–H groups in total. The zero-order valence-electron chi connectivity index (χ0n) is 39.4. The van der Waals surface area contributed by atoms with Gasteiger partial charge < -0.3 is 0 Å². The van der Waals surface area contributed by atoms with Gasteiger partial charge in [0.05, 0.1) is 16.8 Å². The van der Waals surface area contributed by atoms with Crippen LogP contribution in [0.1, 0.15) is 65.9 Å². The van der Waals surface area contributed by atoms with Gasteiger partial charge >= 0.3 is 0 Å². The number of hydrogen-bond acceptors (Lipinski definition) is 2. The molecule has 70 heavy (non-hydrogen) atoms. The summed E-state index contributed by atoms with van der Waals surface area (Å²) in [5.41, 5.74) is 24.8. The van der Waals surface area contributed by atoms with Crippen LogP contribution in [0.5, 0.6) is 0 Å². The SMILES string of the molecule is CC1(C)c2ccccc2C2(C3=CCCC(c4nc(-c5ccccc5)cc(-c5ccccc5)n4)=C3c3cc(-c4ccc(-c5ccc(-c6cccc(-c7ccccc7)c6)cc5)cc4)ccc32)c2ccccc21. The molecule has 0 bridgehead atoms. The van der Waals surface area contributed by atoms with Crippen LogP contribution in [0.15, 0.2) is 248 Å². The first-order valence-corrected chi connectivity index (χ1v) is 24.6. The molecular weight excluding hydrogens is 845 g/mol. The number of aromatic nitrogens is 2. The summed E-state index contributed by atoms with van der Waals surface area (Å²) in [7, 11) is 0. The second-order valence-electron chi connectivity index (χ2n) is 19.5. The van der Waals surface area contributed by atoms with Crippen LogP contribution < -0.4 is 0 Å². The Balaban J connectivity index is 0.962. The summed E-state index contributed by atoms with van der Waals surface area (Å²) in [5.74, 6) is 0.797. The summed E-state index contributed by atoms with van der Waals surface area (Å²) in [6.45, 7) is 4.79. The maximum Gasteiger partial charge on any atom is 0.157 e. The lowest BCUT2D eigenvalue weighted by Crippen LogP contribution is -2.40. The topological polar surface area (TPSA) is 25.8 Å². The molecule has 0 unspecified atom stereocenters. The van der Waals surface area contributed by atoms with Crippen molar-refractivity contribution in [3.63, 3.8) is 0 Å². The van der Waals surface area contributed by atoms with Gasteiger partial charge in [0.15, 0.2) is 5.82 Å². The minimum absolute atomic E-state index is 0.184. The molecule has 2 nitrogen and oxygen atoms in total. The van der Waals surface area contributed by atoms with Crippen LogP contribution in [0.4, 0.5) is 0 Å². The van der Waals surface area contributed by atoms with Crippen molar-refractivity contribution in [1.82, 2.24) is 9.97 Å². The summed E-state index contributed by atoms with van der Waals surface area (Å²) in [4.78, 5) is 11.0. The molecule has 13 rings (SSSR count). The Kier molecular flexibility index (Phi) is 9.92. The van der Waals surface area contributed by atoms with Crippen LogP contribution in [0.3, 0.4) is 0 Å². The highest BCUT2D eigenvalue weighted by molar-refractivity contribution is 6.07. The normalized spacial score (nSPS) is 14.9. The third-order valence-corrected chi connectivity index (χ3v) is 15.3. The van der Waals surface area contributed by atoms with Gasteiger partial charge in [-0.15, -0.1) is 0 Å². The van der Waals surface area contributed by atoms with Gasteiger partial charge in [0.25, 0.3) is 0 Å². The average molecular weight is 895 g/mol. The molecule has 1 heterocycles. The fourth-order valence-corrected chi connectivity index (χ4v) is 11.9. The fraction of sp³-hybridized carbons (Fsp3) is 0.0882. The number of benzene rings is 9. The van der Waals surface area contributed by atoms with Crippen molar-refractivity contribution in [3.8, 4) is 67.0 Å². The van der Waals surface area contributed by atoms with E-state index in [1.54, 1.807) is 0 Å². The van der Waals surface area contributed by atoms with Gasteiger partial charge in [-0.2, -0.15) is 0 Å². The zero-order valence-corrected chi connectivity index (χ0v) is 39.4. The van der Waals surface area contributed by atoms with E-state index in [-0.39, 0.29) is 5.41 Å².